The van der Waals surface area contributed by atoms with Crippen molar-refractivity contribution in [1.82, 2.24) is 0 Å². The van der Waals surface area contributed by atoms with Crippen LogP contribution in [0.15, 0.2) is 49.7 Å². The normalized spacial score (nSPS) is 13.4. The number of rotatable bonds is 8. The molecular weight excluding hydrogens is 404 g/mol. The molecule has 0 bridgehead atoms. The highest BCUT2D eigenvalue weighted by molar-refractivity contribution is 6.06. The molecule has 0 amide bonds. The van der Waals surface area contributed by atoms with E-state index in [0.29, 0.717) is 27.7 Å². The van der Waals surface area contributed by atoms with Crippen molar-refractivity contribution in [2.24, 2.45) is 0 Å². The zero-order chi connectivity index (χ0) is 22.8. The second kappa shape index (κ2) is 8.85. The number of ether oxygens (including phenoxy) is 3. The van der Waals surface area contributed by atoms with E-state index >= 15 is 0 Å². The number of allylic oxidation sites excluding steroid dienone is 1. The first-order valence-corrected chi connectivity index (χ1v) is 9.87. The summed E-state index contributed by atoms with van der Waals surface area (Å²) in [6, 6.07) is 4.63. The number of carbonyl (C=O) groups excluding carboxylic acids is 1. The molecule has 0 aliphatic rings. The minimum atomic E-state index is -1.29. The van der Waals surface area contributed by atoms with Crippen LogP contribution in [0.4, 0.5) is 0 Å². The number of furan rings is 1. The molecule has 0 saturated heterocycles. The predicted molar refractivity (Wildman–Crippen MR) is 115 cm³/mol. The van der Waals surface area contributed by atoms with Crippen molar-refractivity contribution in [2.45, 2.75) is 45.8 Å². The Hall–Kier alpha value is -3.26. The van der Waals surface area contributed by atoms with Crippen molar-refractivity contribution in [3.63, 3.8) is 0 Å². The Balaban J connectivity index is 1.92. The SMILES string of the molecule is C/C=C(/C)C(=O)OC(CCOc1c2occc2c(OC)c2ccc(=O)oc12)C(C)(C)O. The summed E-state index contributed by atoms with van der Waals surface area (Å²) in [5, 5.41) is 11.7. The van der Waals surface area contributed by atoms with Gasteiger partial charge in [-0.25, -0.2) is 9.59 Å². The number of fused-ring (bicyclic) bond motifs is 2. The monoisotopic (exact) mass is 430 g/mol. The number of carbonyl (C=O) groups is 1. The maximum absolute atomic E-state index is 12.2. The number of hydrogen-bond acceptors (Lipinski definition) is 8. The lowest BCUT2D eigenvalue weighted by Gasteiger charge is -2.29. The molecule has 0 radical (unpaired) electrons. The molecule has 3 aromatic rings. The lowest BCUT2D eigenvalue weighted by atomic mass is 9.99. The average Bonchev–Trinajstić information content (AvgIpc) is 3.20. The number of methoxy groups -OCH3 is 1. The van der Waals surface area contributed by atoms with Gasteiger partial charge in [-0.15, -0.1) is 0 Å². The second-order valence-electron chi connectivity index (χ2n) is 7.68. The predicted octanol–water partition coefficient (Wildman–Crippen LogP) is 3.97. The molecule has 1 unspecified atom stereocenters. The lowest BCUT2D eigenvalue weighted by molar-refractivity contribution is -0.158. The van der Waals surface area contributed by atoms with Crippen LogP contribution < -0.4 is 15.1 Å². The van der Waals surface area contributed by atoms with Gasteiger partial charge in [-0.3, -0.25) is 0 Å². The Kier molecular flexibility index (Phi) is 6.40. The van der Waals surface area contributed by atoms with Crippen LogP contribution in [0.25, 0.3) is 21.9 Å². The van der Waals surface area contributed by atoms with Crippen LogP contribution in [0.3, 0.4) is 0 Å². The molecule has 8 nitrogen and oxygen atoms in total. The molecule has 1 aromatic carbocycles. The number of benzene rings is 1. The minimum absolute atomic E-state index is 0.0622. The van der Waals surface area contributed by atoms with Gasteiger partial charge in [0.25, 0.3) is 0 Å². The van der Waals surface area contributed by atoms with Crippen LogP contribution in [0.1, 0.15) is 34.1 Å². The summed E-state index contributed by atoms with van der Waals surface area (Å²) in [5.41, 5.74) is -0.846. The van der Waals surface area contributed by atoms with Crippen LogP contribution >= 0.6 is 0 Å². The smallest absolute Gasteiger partial charge is 0.336 e. The fraction of sp³-hybridized carbons (Fsp3) is 0.391. The van der Waals surface area contributed by atoms with E-state index in [1.165, 1.54) is 19.4 Å². The first-order chi connectivity index (χ1) is 14.7. The summed E-state index contributed by atoms with van der Waals surface area (Å²) >= 11 is 0. The van der Waals surface area contributed by atoms with Gasteiger partial charge in [0.1, 0.15) is 11.9 Å². The van der Waals surface area contributed by atoms with Gasteiger partial charge in [-0.2, -0.15) is 0 Å². The third-order valence-electron chi connectivity index (χ3n) is 5.02. The summed E-state index contributed by atoms with van der Waals surface area (Å²) < 4.78 is 27.8. The van der Waals surface area contributed by atoms with Crippen molar-refractivity contribution in [3.8, 4) is 11.5 Å². The zero-order valence-electron chi connectivity index (χ0n) is 18.2. The molecule has 1 N–H and O–H groups in total. The lowest BCUT2D eigenvalue weighted by Crippen LogP contribution is -2.40. The first-order valence-electron chi connectivity index (χ1n) is 9.87. The minimum Gasteiger partial charge on any atom is -0.495 e. The summed E-state index contributed by atoms with van der Waals surface area (Å²) in [6.07, 6.45) is 2.50. The van der Waals surface area contributed by atoms with E-state index in [9.17, 15) is 14.7 Å². The quantitative estimate of drug-likeness (QED) is 0.325. The summed E-state index contributed by atoms with van der Waals surface area (Å²) in [4.78, 5) is 24.0. The standard InChI is InChI=1S/C23H26O8/c1-6-13(2)22(25)30-16(23(3,4)26)10-12-29-21-19-15(9-11-28-19)18(27-5)14-7-8-17(24)31-20(14)21/h6-9,11,16,26H,10,12H2,1-5H3/b13-6-. The molecule has 3 rings (SSSR count). The van der Waals surface area contributed by atoms with E-state index in [-0.39, 0.29) is 24.4 Å². The van der Waals surface area contributed by atoms with Crippen LogP contribution in [0, 0.1) is 0 Å². The highest BCUT2D eigenvalue weighted by Crippen LogP contribution is 2.42. The van der Waals surface area contributed by atoms with E-state index in [1.807, 2.05) is 0 Å². The Bertz CT molecular complexity index is 1180. The Morgan fingerprint density at radius 3 is 2.55 bits per heavy atom. The maximum atomic E-state index is 12.2. The van der Waals surface area contributed by atoms with Crippen LogP contribution in [-0.2, 0) is 9.53 Å². The average molecular weight is 430 g/mol. The molecule has 31 heavy (non-hydrogen) atoms. The van der Waals surface area contributed by atoms with Crippen molar-refractivity contribution in [2.75, 3.05) is 13.7 Å². The molecule has 2 heterocycles. The van der Waals surface area contributed by atoms with E-state index in [2.05, 4.69) is 0 Å². The fourth-order valence-corrected chi connectivity index (χ4v) is 3.19. The van der Waals surface area contributed by atoms with Crippen LogP contribution in [-0.4, -0.2) is 36.5 Å². The topological polar surface area (TPSA) is 108 Å². The molecule has 0 spiro atoms. The maximum Gasteiger partial charge on any atom is 0.336 e. The van der Waals surface area contributed by atoms with Gasteiger partial charge in [0.2, 0.25) is 5.75 Å². The van der Waals surface area contributed by atoms with Gasteiger partial charge in [0, 0.05) is 18.1 Å². The van der Waals surface area contributed by atoms with Gasteiger partial charge < -0.3 is 28.2 Å². The highest BCUT2D eigenvalue weighted by Gasteiger charge is 2.31. The van der Waals surface area contributed by atoms with Crippen molar-refractivity contribution in [3.05, 3.63) is 46.5 Å². The van der Waals surface area contributed by atoms with E-state index in [0.717, 1.165) is 0 Å². The summed E-state index contributed by atoms with van der Waals surface area (Å²) in [7, 11) is 1.52. The largest absolute Gasteiger partial charge is 0.495 e. The number of hydrogen-bond donors (Lipinski definition) is 1. The third-order valence-corrected chi connectivity index (χ3v) is 5.02. The first kappa shape index (κ1) is 22.4. The number of aliphatic hydroxyl groups is 1. The Morgan fingerprint density at radius 2 is 1.90 bits per heavy atom. The molecular formula is C23H26O8. The van der Waals surface area contributed by atoms with Gasteiger partial charge in [0.15, 0.2) is 11.2 Å². The van der Waals surface area contributed by atoms with Crippen LogP contribution in [0.5, 0.6) is 11.5 Å². The summed E-state index contributed by atoms with van der Waals surface area (Å²) in [5.74, 6) is 0.225. The fourth-order valence-electron chi connectivity index (χ4n) is 3.19. The van der Waals surface area contributed by atoms with Crippen molar-refractivity contribution < 1.29 is 32.9 Å². The molecule has 0 aliphatic carbocycles. The molecule has 0 saturated carbocycles. The second-order valence-corrected chi connectivity index (χ2v) is 7.68. The molecule has 166 valence electrons. The Morgan fingerprint density at radius 1 is 1.19 bits per heavy atom. The molecule has 1 atom stereocenters. The molecule has 0 fully saturated rings. The van der Waals surface area contributed by atoms with Gasteiger partial charge >= 0.3 is 11.6 Å². The van der Waals surface area contributed by atoms with E-state index in [1.54, 1.807) is 45.9 Å². The van der Waals surface area contributed by atoms with Crippen molar-refractivity contribution >= 4 is 27.9 Å². The van der Waals surface area contributed by atoms with Gasteiger partial charge in [-0.05, 0) is 39.8 Å². The molecule has 2 aromatic heterocycles. The molecule has 8 heteroatoms. The van der Waals surface area contributed by atoms with Crippen molar-refractivity contribution in [1.29, 1.82) is 0 Å². The zero-order valence-corrected chi connectivity index (χ0v) is 18.2. The third kappa shape index (κ3) is 4.59. The van der Waals surface area contributed by atoms with E-state index < -0.39 is 23.3 Å². The van der Waals surface area contributed by atoms with Gasteiger partial charge in [0.05, 0.1) is 36.4 Å². The number of esters is 1. The Labute approximate surface area is 179 Å². The highest BCUT2D eigenvalue weighted by atomic mass is 16.6. The van der Waals surface area contributed by atoms with Crippen LogP contribution in [0.2, 0.25) is 0 Å². The van der Waals surface area contributed by atoms with Gasteiger partial charge in [-0.1, -0.05) is 6.08 Å². The molecule has 0 aliphatic heterocycles. The van der Waals surface area contributed by atoms with E-state index in [4.69, 9.17) is 23.0 Å². The summed E-state index contributed by atoms with van der Waals surface area (Å²) in [6.45, 7) is 6.55.